The quantitative estimate of drug-likeness (QED) is 0.508. The number of non-ortho nitro benzene ring substituents is 1. The molecule has 0 bridgehead atoms. The van der Waals surface area contributed by atoms with Gasteiger partial charge in [-0.05, 0) is 6.07 Å². The third kappa shape index (κ3) is 1.70. The Balaban J connectivity index is 3.27. The molecule has 13 heavy (non-hydrogen) atoms. The second kappa shape index (κ2) is 3.05. The highest BCUT2D eigenvalue weighted by molar-refractivity contribution is 5.59. The summed E-state index contributed by atoms with van der Waals surface area (Å²) in [4.78, 5) is 18.9. The molecule has 0 aromatic heterocycles. The first-order chi connectivity index (χ1) is 6.02. The van der Waals surface area contributed by atoms with E-state index in [1.54, 1.807) is 0 Å². The molecule has 0 spiro atoms. The molecule has 7 nitrogen and oxygen atoms in total. The molecule has 0 aliphatic rings. The Labute approximate surface area is 72.1 Å². The van der Waals surface area contributed by atoms with Gasteiger partial charge >= 0.3 is 5.69 Å². The predicted octanol–water partition coefficient (Wildman–Crippen LogP) is 1.42. The average molecular weight is 182 g/mol. The molecule has 0 unspecified atom stereocenters. The summed E-state index contributed by atoms with van der Waals surface area (Å²) in [5.41, 5.74) is 5.79. The number of benzene rings is 1. The van der Waals surface area contributed by atoms with Crippen molar-refractivity contribution in [2.45, 2.75) is 0 Å². The van der Waals surface area contributed by atoms with Crippen LogP contribution < -0.4 is 5.73 Å². The van der Waals surface area contributed by atoms with Crippen molar-refractivity contribution >= 4 is 17.1 Å². The molecule has 0 amide bonds. The lowest BCUT2D eigenvalue weighted by Crippen LogP contribution is -1.93. The first-order valence-corrected chi connectivity index (χ1v) is 3.17. The second-order valence-electron chi connectivity index (χ2n) is 2.22. The summed E-state index contributed by atoms with van der Waals surface area (Å²) < 4.78 is 0. The summed E-state index contributed by atoms with van der Waals surface area (Å²) in [6, 6.07) is 2.84. The monoisotopic (exact) mass is 182 g/mol. The minimum atomic E-state index is -0.824. The number of hydrogen-bond acceptors (Lipinski definition) is 4. The van der Waals surface area contributed by atoms with Crippen molar-refractivity contribution in [3.8, 4) is 0 Å². The minimum Gasteiger partial charge on any atom is -0.294 e. The van der Waals surface area contributed by atoms with Gasteiger partial charge in [-0.25, -0.2) is 0 Å². The molecule has 0 atom stereocenters. The topological polar surface area (TPSA) is 110 Å². The lowest BCUT2D eigenvalue weighted by atomic mass is 10.2. The Morgan fingerprint density at radius 2 is 1.77 bits per heavy atom. The molecule has 1 radical (unpaired) electrons. The first kappa shape index (κ1) is 8.91. The van der Waals surface area contributed by atoms with Crippen LogP contribution in [0.2, 0.25) is 0 Å². The molecule has 0 saturated carbocycles. The van der Waals surface area contributed by atoms with Crippen molar-refractivity contribution in [3.05, 3.63) is 38.4 Å². The Morgan fingerprint density at radius 1 is 1.15 bits per heavy atom. The Kier molecular flexibility index (Phi) is 2.09. The zero-order valence-corrected chi connectivity index (χ0v) is 6.26. The largest absolute Gasteiger partial charge is 0.300 e. The van der Waals surface area contributed by atoms with Gasteiger partial charge in [-0.3, -0.25) is 26.0 Å². The van der Waals surface area contributed by atoms with Gasteiger partial charge in [0.25, 0.3) is 5.69 Å². The number of hydrogen-bond donors (Lipinski definition) is 0. The summed E-state index contributed by atoms with van der Waals surface area (Å²) in [5, 5.41) is 20.5. The Morgan fingerprint density at radius 3 is 2.23 bits per heavy atom. The van der Waals surface area contributed by atoms with Crippen LogP contribution >= 0.6 is 0 Å². The van der Waals surface area contributed by atoms with Crippen LogP contribution in [0.5, 0.6) is 0 Å². The van der Waals surface area contributed by atoms with Crippen LogP contribution in [0.15, 0.2) is 18.2 Å². The van der Waals surface area contributed by atoms with E-state index in [0.717, 1.165) is 18.2 Å². The van der Waals surface area contributed by atoms with Gasteiger partial charge in [0.2, 0.25) is 0 Å². The number of nitrogens with zero attached hydrogens (tertiary/aromatic N) is 2. The summed E-state index contributed by atoms with van der Waals surface area (Å²) in [6.07, 6.45) is 0. The number of nitro benzene ring substituents is 2. The van der Waals surface area contributed by atoms with Crippen molar-refractivity contribution in [2.75, 3.05) is 0 Å². The van der Waals surface area contributed by atoms with Crippen molar-refractivity contribution in [1.82, 2.24) is 5.73 Å². The van der Waals surface area contributed by atoms with E-state index in [9.17, 15) is 20.2 Å². The van der Waals surface area contributed by atoms with Crippen molar-refractivity contribution in [1.29, 1.82) is 0 Å². The van der Waals surface area contributed by atoms with Gasteiger partial charge in [0, 0.05) is 6.07 Å². The van der Waals surface area contributed by atoms with E-state index in [1.165, 1.54) is 0 Å². The van der Waals surface area contributed by atoms with Crippen LogP contribution in [0.1, 0.15) is 0 Å². The Bertz CT molecular complexity index is 376. The molecule has 0 heterocycles. The van der Waals surface area contributed by atoms with Crippen LogP contribution in [-0.4, -0.2) is 9.85 Å². The standard InChI is InChI=1S/C6H4N3O4/c7-5-2-1-4(8(10)11)3-6(5)9(12)13/h1-3,7H. The van der Waals surface area contributed by atoms with Crippen molar-refractivity contribution in [3.63, 3.8) is 0 Å². The average Bonchev–Trinajstić information content (AvgIpc) is 2.04. The van der Waals surface area contributed by atoms with E-state index >= 15 is 0 Å². The third-order valence-corrected chi connectivity index (χ3v) is 1.39. The van der Waals surface area contributed by atoms with E-state index in [1.807, 2.05) is 0 Å². The van der Waals surface area contributed by atoms with Crippen LogP contribution in [0.25, 0.3) is 0 Å². The van der Waals surface area contributed by atoms with Crippen LogP contribution in [0.4, 0.5) is 17.1 Å². The number of rotatable bonds is 2. The van der Waals surface area contributed by atoms with Gasteiger partial charge in [0.15, 0.2) is 0 Å². The van der Waals surface area contributed by atoms with Gasteiger partial charge < -0.3 is 0 Å². The van der Waals surface area contributed by atoms with Gasteiger partial charge in [-0.1, -0.05) is 0 Å². The van der Waals surface area contributed by atoms with Gasteiger partial charge in [-0.15, -0.1) is 0 Å². The molecule has 0 fully saturated rings. The summed E-state index contributed by atoms with van der Waals surface area (Å²) in [5.74, 6) is 0. The second-order valence-corrected chi connectivity index (χ2v) is 2.22. The molecule has 1 aromatic carbocycles. The van der Waals surface area contributed by atoms with E-state index < -0.39 is 15.5 Å². The molecular formula is C6H4N3O4. The zero-order chi connectivity index (χ0) is 10.0. The normalized spacial score (nSPS) is 9.54. The van der Waals surface area contributed by atoms with Crippen LogP contribution in [0.3, 0.4) is 0 Å². The first-order valence-electron chi connectivity index (χ1n) is 3.17. The van der Waals surface area contributed by atoms with Gasteiger partial charge in [0.1, 0.15) is 5.69 Å². The summed E-state index contributed by atoms with van der Waals surface area (Å²) >= 11 is 0. The highest BCUT2D eigenvalue weighted by atomic mass is 16.6. The van der Waals surface area contributed by atoms with E-state index in [-0.39, 0.29) is 11.4 Å². The van der Waals surface area contributed by atoms with E-state index in [4.69, 9.17) is 5.73 Å². The number of nitro groups is 2. The van der Waals surface area contributed by atoms with Crippen molar-refractivity contribution < 1.29 is 9.85 Å². The van der Waals surface area contributed by atoms with Crippen LogP contribution in [-0.2, 0) is 0 Å². The maximum absolute atomic E-state index is 10.3. The highest BCUT2D eigenvalue weighted by Gasteiger charge is 2.17. The molecule has 67 valence electrons. The van der Waals surface area contributed by atoms with E-state index in [0.29, 0.717) is 0 Å². The molecule has 1 N–H and O–H groups in total. The molecule has 0 aliphatic carbocycles. The SMILES string of the molecule is [NH]c1ccc([N+](=O)[O-])cc1[N+](=O)[O-]. The lowest BCUT2D eigenvalue weighted by molar-refractivity contribution is -0.393. The fourth-order valence-electron chi connectivity index (χ4n) is 0.785. The third-order valence-electron chi connectivity index (χ3n) is 1.39. The molecule has 0 aliphatic heterocycles. The van der Waals surface area contributed by atoms with Gasteiger partial charge in [0.05, 0.1) is 15.9 Å². The molecule has 1 rings (SSSR count). The smallest absolute Gasteiger partial charge is 0.294 e. The molecule has 0 saturated heterocycles. The molecule has 1 aromatic rings. The molecular weight excluding hydrogens is 178 g/mol. The number of nitrogens with one attached hydrogen (secondary N) is 1. The fraction of sp³-hybridized carbons (Fsp3) is 0. The minimum absolute atomic E-state index is 0.337. The maximum Gasteiger partial charge on any atom is 0.300 e. The van der Waals surface area contributed by atoms with Gasteiger partial charge in [-0.2, -0.15) is 0 Å². The maximum atomic E-state index is 10.3. The fourth-order valence-corrected chi connectivity index (χ4v) is 0.785. The zero-order valence-electron chi connectivity index (χ0n) is 6.26. The molecule has 7 heteroatoms. The Hall–Kier alpha value is -2.18. The van der Waals surface area contributed by atoms with Crippen molar-refractivity contribution in [2.24, 2.45) is 0 Å². The van der Waals surface area contributed by atoms with Crippen LogP contribution in [0, 0.1) is 20.2 Å². The predicted molar refractivity (Wildman–Crippen MR) is 42.5 cm³/mol. The lowest BCUT2D eigenvalue weighted by Gasteiger charge is -1.94. The van der Waals surface area contributed by atoms with E-state index in [2.05, 4.69) is 0 Å². The highest BCUT2D eigenvalue weighted by Crippen LogP contribution is 2.26. The summed E-state index contributed by atoms with van der Waals surface area (Å²) in [7, 11) is 0. The summed E-state index contributed by atoms with van der Waals surface area (Å²) in [6.45, 7) is 0.